The van der Waals surface area contributed by atoms with Gasteiger partial charge in [-0.15, -0.1) is 0 Å². The van der Waals surface area contributed by atoms with Crippen molar-refractivity contribution in [2.75, 3.05) is 5.32 Å². The molecule has 2 N–H and O–H groups in total. The maximum Gasteiger partial charge on any atom is 0.230 e. The molecule has 6 heteroatoms. The normalized spacial score (nSPS) is 18.2. The highest BCUT2D eigenvalue weighted by atomic mass is 16.2. The van der Waals surface area contributed by atoms with Gasteiger partial charge in [0.05, 0.1) is 0 Å². The number of hydrogen-bond donors (Lipinski definition) is 2. The van der Waals surface area contributed by atoms with Gasteiger partial charge < -0.3 is 4.98 Å². The standard InChI is InChI=1S/C26H27N5O/c1-15-7-4-5-8-20(15)19-13-27-26(28-14-19)31-25(32)22-10-6-9-21(22)23-12-18-11-16(2)17(3)29-24(18)30-23/h4-5,7-8,11-14,21-22H,6,9-10H2,1-3H3,(H,29,30)(H,27,28,31,32). The zero-order chi connectivity index (χ0) is 22.2. The number of amides is 1. The molecule has 4 aromatic rings. The molecular formula is C26H27N5O. The van der Waals surface area contributed by atoms with Gasteiger partial charge in [-0.05, 0) is 62.4 Å². The van der Waals surface area contributed by atoms with Crippen LogP contribution in [-0.2, 0) is 4.79 Å². The van der Waals surface area contributed by atoms with Crippen molar-refractivity contribution in [1.82, 2.24) is 19.9 Å². The monoisotopic (exact) mass is 425 g/mol. The first-order valence-electron chi connectivity index (χ1n) is 11.2. The summed E-state index contributed by atoms with van der Waals surface area (Å²) in [5.74, 6) is 0.374. The molecule has 2 unspecified atom stereocenters. The number of aromatic amines is 1. The van der Waals surface area contributed by atoms with E-state index in [2.05, 4.69) is 57.3 Å². The van der Waals surface area contributed by atoms with Crippen molar-refractivity contribution >= 4 is 22.9 Å². The van der Waals surface area contributed by atoms with E-state index in [4.69, 9.17) is 0 Å². The number of nitrogens with zero attached hydrogens (tertiary/aromatic N) is 3. The molecule has 3 aromatic heterocycles. The Morgan fingerprint density at radius 2 is 1.81 bits per heavy atom. The number of carbonyl (C=O) groups is 1. The van der Waals surface area contributed by atoms with Crippen LogP contribution in [0.1, 0.15) is 47.7 Å². The van der Waals surface area contributed by atoms with Crippen LogP contribution >= 0.6 is 0 Å². The smallest absolute Gasteiger partial charge is 0.230 e. The largest absolute Gasteiger partial charge is 0.343 e. The average molecular weight is 426 g/mol. The molecule has 0 radical (unpaired) electrons. The van der Waals surface area contributed by atoms with Crippen LogP contribution in [0, 0.1) is 26.7 Å². The molecule has 0 aliphatic heterocycles. The van der Waals surface area contributed by atoms with Crippen LogP contribution in [0.2, 0.25) is 0 Å². The summed E-state index contributed by atoms with van der Waals surface area (Å²) in [6, 6.07) is 12.4. The maximum absolute atomic E-state index is 13.1. The number of aryl methyl sites for hydroxylation is 3. The first-order valence-corrected chi connectivity index (χ1v) is 11.2. The van der Waals surface area contributed by atoms with Crippen LogP contribution in [0.3, 0.4) is 0 Å². The molecular weight excluding hydrogens is 398 g/mol. The number of anilines is 1. The average Bonchev–Trinajstić information content (AvgIpc) is 3.42. The molecule has 0 bridgehead atoms. The van der Waals surface area contributed by atoms with Gasteiger partial charge in [0.2, 0.25) is 11.9 Å². The van der Waals surface area contributed by atoms with Crippen molar-refractivity contribution in [3.05, 3.63) is 71.3 Å². The second-order valence-electron chi connectivity index (χ2n) is 8.80. The number of nitrogens with one attached hydrogen (secondary N) is 2. The Kier molecular flexibility index (Phi) is 5.21. The number of H-pyrrole nitrogens is 1. The molecule has 3 heterocycles. The number of rotatable bonds is 4. The van der Waals surface area contributed by atoms with Crippen LogP contribution in [-0.4, -0.2) is 25.8 Å². The van der Waals surface area contributed by atoms with E-state index in [-0.39, 0.29) is 17.7 Å². The lowest BCUT2D eigenvalue weighted by Gasteiger charge is -2.17. The Morgan fingerprint density at radius 3 is 2.59 bits per heavy atom. The third kappa shape index (κ3) is 3.77. The predicted octanol–water partition coefficient (Wildman–Crippen LogP) is 5.47. The number of benzene rings is 1. The predicted molar refractivity (Wildman–Crippen MR) is 126 cm³/mol. The number of carbonyl (C=O) groups excluding carboxylic acids is 1. The molecule has 2 atom stereocenters. The van der Waals surface area contributed by atoms with Crippen molar-refractivity contribution in [1.29, 1.82) is 0 Å². The van der Waals surface area contributed by atoms with Gasteiger partial charge in [0.15, 0.2) is 0 Å². The van der Waals surface area contributed by atoms with E-state index < -0.39 is 0 Å². The Balaban J connectivity index is 1.33. The van der Waals surface area contributed by atoms with Crippen molar-refractivity contribution in [3.8, 4) is 11.1 Å². The van der Waals surface area contributed by atoms with Gasteiger partial charge in [-0.2, -0.15) is 0 Å². The fourth-order valence-corrected chi connectivity index (χ4v) is 4.75. The van der Waals surface area contributed by atoms with Gasteiger partial charge in [-0.25, -0.2) is 15.0 Å². The Morgan fingerprint density at radius 1 is 1.03 bits per heavy atom. The van der Waals surface area contributed by atoms with Gasteiger partial charge in [0.25, 0.3) is 0 Å². The summed E-state index contributed by atoms with van der Waals surface area (Å²) in [5, 5.41) is 4.04. The highest BCUT2D eigenvalue weighted by molar-refractivity contribution is 5.92. The van der Waals surface area contributed by atoms with Crippen molar-refractivity contribution < 1.29 is 4.79 Å². The summed E-state index contributed by atoms with van der Waals surface area (Å²) >= 11 is 0. The Bertz CT molecular complexity index is 1250. The molecule has 6 nitrogen and oxygen atoms in total. The van der Waals surface area contributed by atoms with Gasteiger partial charge >= 0.3 is 0 Å². The third-order valence-electron chi connectivity index (χ3n) is 6.66. The minimum atomic E-state index is -0.107. The third-order valence-corrected chi connectivity index (χ3v) is 6.66. The van der Waals surface area contributed by atoms with Gasteiger partial charge in [0.1, 0.15) is 5.65 Å². The number of hydrogen-bond acceptors (Lipinski definition) is 4. The lowest BCUT2D eigenvalue weighted by molar-refractivity contribution is -0.120. The minimum Gasteiger partial charge on any atom is -0.343 e. The fourth-order valence-electron chi connectivity index (χ4n) is 4.75. The zero-order valence-corrected chi connectivity index (χ0v) is 18.6. The number of pyridine rings is 1. The van der Waals surface area contributed by atoms with Crippen LogP contribution in [0.5, 0.6) is 0 Å². The molecule has 1 aromatic carbocycles. The van der Waals surface area contributed by atoms with E-state index in [0.29, 0.717) is 5.95 Å². The van der Waals surface area contributed by atoms with Crippen LogP contribution in [0.15, 0.2) is 48.8 Å². The lowest BCUT2D eigenvalue weighted by atomic mass is 9.92. The van der Waals surface area contributed by atoms with Gasteiger partial charge in [-0.1, -0.05) is 30.7 Å². The summed E-state index contributed by atoms with van der Waals surface area (Å²) < 4.78 is 0. The zero-order valence-electron chi connectivity index (χ0n) is 18.6. The molecule has 1 saturated carbocycles. The molecule has 1 fully saturated rings. The van der Waals surface area contributed by atoms with Gasteiger partial charge in [-0.3, -0.25) is 10.1 Å². The first kappa shape index (κ1) is 20.4. The fraction of sp³-hybridized carbons (Fsp3) is 0.308. The Hall–Kier alpha value is -3.54. The Labute approximate surface area is 187 Å². The molecule has 1 amide bonds. The SMILES string of the molecule is Cc1ccccc1-c1cnc(NC(=O)C2CCCC2c2cc3cc(C)c(C)nc3[nH]2)nc1. The van der Waals surface area contributed by atoms with E-state index in [9.17, 15) is 4.79 Å². The molecule has 162 valence electrons. The first-order chi connectivity index (χ1) is 15.5. The lowest BCUT2D eigenvalue weighted by Crippen LogP contribution is -2.26. The van der Waals surface area contributed by atoms with E-state index >= 15 is 0 Å². The summed E-state index contributed by atoms with van der Waals surface area (Å²) in [4.78, 5) is 30.0. The molecule has 1 aliphatic carbocycles. The van der Waals surface area contributed by atoms with Crippen molar-refractivity contribution in [3.63, 3.8) is 0 Å². The van der Waals surface area contributed by atoms with E-state index in [1.165, 1.54) is 11.1 Å². The van der Waals surface area contributed by atoms with E-state index in [1.54, 1.807) is 12.4 Å². The van der Waals surface area contributed by atoms with Crippen molar-refractivity contribution in [2.24, 2.45) is 5.92 Å². The molecule has 0 spiro atoms. The summed E-state index contributed by atoms with van der Waals surface area (Å²) in [5.41, 5.74) is 7.39. The molecule has 32 heavy (non-hydrogen) atoms. The molecule has 5 rings (SSSR count). The van der Waals surface area contributed by atoms with E-state index in [1.807, 2.05) is 25.1 Å². The van der Waals surface area contributed by atoms with E-state index in [0.717, 1.165) is 52.8 Å². The van der Waals surface area contributed by atoms with Crippen LogP contribution < -0.4 is 5.32 Å². The van der Waals surface area contributed by atoms with Crippen LogP contribution in [0.25, 0.3) is 22.2 Å². The van der Waals surface area contributed by atoms with Crippen molar-refractivity contribution in [2.45, 2.75) is 46.0 Å². The summed E-state index contributed by atoms with van der Waals surface area (Å²) in [6.45, 7) is 6.16. The molecule has 0 saturated heterocycles. The minimum absolute atomic E-state index is 0.0184. The number of fused-ring (bicyclic) bond motifs is 1. The maximum atomic E-state index is 13.1. The summed E-state index contributed by atoms with van der Waals surface area (Å²) in [7, 11) is 0. The summed E-state index contributed by atoms with van der Waals surface area (Å²) in [6.07, 6.45) is 6.40. The second kappa shape index (κ2) is 8.19. The second-order valence-corrected chi connectivity index (χ2v) is 8.80. The van der Waals surface area contributed by atoms with Crippen LogP contribution in [0.4, 0.5) is 5.95 Å². The highest BCUT2D eigenvalue weighted by Crippen LogP contribution is 2.40. The molecule has 1 aliphatic rings. The number of aromatic nitrogens is 4. The highest BCUT2D eigenvalue weighted by Gasteiger charge is 2.35. The quantitative estimate of drug-likeness (QED) is 0.454. The van der Waals surface area contributed by atoms with Gasteiger partial charge in [0, 0.05) is 46.6 Å². The topological polar surface area (TPSA) is 83.6 Å².